The quantitative estimate of drug-likeness (QED) is 0.557. The number of hydrogen-bond donors (Lipinski definition) is 3. The highest BCUT2D eigenvalue weighted by atomic mass is 16.1. The Morgan fingerprint density at radius 3 is 2.76 bits per heavy atom. The van der Waals surface area contributed by atoms with Crippen molar-refractivity contribution in [1.82, 2.24) is 15.2 Å². The van der Waals surface area contributed by atoms with Gasteiger partial charge in [0.2, 0.25) is 0 Å². The Hall–Kier alpha value is -1.66. The van der Waals surface area contributed by atoms with Gasteiger partial charge in [0.05, 0.1) is 0 Å². The van der Waals surface area contributed by atoms with Gasteiger partial charge in [0.1, 0.15) is 5.82 Å². The van der Waals surface area contributed by atoms with Crippen LogP contribution in [-0.2, 0) is 6.42 Å². The van der Waals surface area contributed by atoms with Gasteiger partial charge in [0.25, 0.3) is 5.91 Å². The van der Waals surface area contributed by atoms with Crippen LogP contribution in [-0.4, -0.2) is 42.5 Å². The van der Waals surface area contributed by atoms with Crippen LogP contribution in [0.3, 0.4) is 0 Å². The van der Waals surface area contributed by atoms with Crippen LogP contribution in [0.4, 0.5) is 5.82 Å². The molecule has 1 aromatic heterocycles. The summed E-state index contributed by atoms with van der Waals surface area (Å²) in [6.07, 6.45) is 3.05. The molecule has 0 radical (unpaired) electrons. The summed E-state index contributed by atoms with van der Waals surface area (Å²) >= 11 is 0. The SMILES string of the molecule is CCc1cc(C(=O)NCC2CCN(C)CC2)cc(NN)n1. The maximum atomic E-state index is 12.3. The summed E-state index contributed by atoms with van der Waals surface area (Å²) in [6.45, 7) is 4.96. The average molecular weight is 291 g/mol. The van der Waals surface area contributed by atoms with Gasteiger partial charge in [-0.05, 0) is 57.5 Å². The molecule has 6 nitrogen and oxygen atoms in total. The number of nitrogens with zero attached hydrogens (tertiary/aromatic N) is 2. The van der Waals surface area contributed by atoms with E-state index >= 15 is 0 Å². The molecule has 1 aliphatic heterocycles. The van der Waals surface area contributed by atoms with Crippen molar-refractivity contribution in [1.29, 1.82) is 0 Å². The highest BCUT2D eigenvalue weighted by Gasteiger charge is 2.18. The van der Waals surface area contributed by atoms with Crippen molar-refractivity contribution in [2.75, 3.05) is 32.1 Å². The van der Waals surface area contributed by atoms with E-state index in [0.717, 1.165) is 44.6 Å². The molecule has 2 rings (SSSR count). The number of amides is 1. The summed E-state index contributed by atoms with van der Waals surface area (Å²) in [5.41, 5.74) is 3.98. The molecule has 2 heterocycles. The Bertz CT molecular complexity index is 461. The molecule has 0 aromatic carbocycles. The first kappa shape index (κ1) is 15.7. The zero-order valence-electron chi connectivity index (χ0n) is 12.9. The largest absolute Gasteiger partial charge is 0.352 e. The third-order valence-electron chi connectivity index (χ3n) is 4.04. The van der Waals surface area contributed by atoms with Gasteiger partial charge in [-0.3, -0.25) is 4.79 Å². The van der Waals surface area contributed by atoms with Crippen LogP contribution in [0.2, 0.25) is 0 Å². The molecule has 0 atom stereocenters. The summed E-state index contributed by atoms with van der Waals surface area (Å²) in [5.74, 6) is 6.44. The van der Waals surface area contributed by atoms with Crippen molar-refractivity contribution in [2.45, 2.75) is 26.2 Å². The van der Waals surface area contributed by atoms with Crippen LogP contribution in [0.15, 0.2) is 12.1 Å². The molecule has 4 N–H and O–H groups in total. The number of aromatic nitrogens is 1. The molecular weight excluding hydrogens is 266 g/mol. The number of nitrogen functional groups attached to an aromatic ring is 1. The first-order chi connectivity index (χ1) is 10.1. The van der Waals surface area contributed by atoms with Gasteiger partial charge in [-0.25, -0.2) is 10.8 Å². The third kappa shape index (κ3) is 4.41. The number of hydrogen-bond acceptors (Lipinski definition) is 5. The van der Waals surface area contributed by atoms with Gasteiger partial charge in [-0.15, -0.1) is 0 Å². The maximum absolute atomic E-state index is 12.3. The Labute approximate surface area is 126 Å². The molecule has 1 aliphatic rings. The van der Waals surface area contributed by atoms with Gasteiger partial charge < -0.3 is 15.6 Å². The van der Waals surface area contributed by atoms with E-state index in [1.54, 1.807) is 6.07 Å². The van der Waals surface area contributed by atoms with Gasteiger partial charge in [0.15, 0.2) is 0 Å². The summed E-state index contributed by atoms with van der Waals surface area (Å²) < 4.78 is 0. The zero-order valence-corrected chi connectivity index (χ0v) is 12.9. The lowest BCUT2D eigenvalue weighted by atomic mass is 9.97. The van der Waals surface area contributed by atoms with Gasteiger partial charge in [-0.2, -0.15) is 0 Å². The van der Waals surface area contributed by atoms with Crippen molar-refractivity contribution in [2.24, 2.45) is 11.8 Å². The number of anilines is 1. The molecule has 1 saturated heterocycles. The van der Waals surface area contributed by atoms with E-state index in [9.17, 15) is 4.79 Å². The predicted molar refractivity (Wildman–Crippen MR) is 84.0 cm³/mol. The summed E-state index contributed by atoms with van der Waals surface area (Å²) in [7, 11) is 2.14. The van der Waals surface area contributed by atoms with Crippen LogP contribution in [0.5, 0.6) is 0 Å². The Balaban J connectivity index is 1.93. The van der Waals surface area contributed by atoms with Crippen LogP contribution < -0.4 is 16.6 Å². The minimum absolute atomic E-state index is 0.0532. The molecule has 6 heteroatoms. The van der Waals surface area contributed by atoms with E-state index in [1.165, 1.54) is 0 Å². The number of carbonyl (C=O) groups is 1. The Kier molecular flexibility index (Phi) is 5.52. The van der Waals surface area contributed by atoms with E-state index in [2.05, 4.69) is 27.7 Å². The molecule has 1 amide bonds. The van der Waals surface area contributed by atoms with Crippen LogP contribution in [0.1, 0.15) is 35.8 Å². The third-order valence-corrected chi connectivity index (χ3v) is 4.04. The number of rotatable bonds is 5. The van der Waals surface area contributed by atoms with E-state index < -0.39 is 0 Å². The van der Waals surface area contributed by atoms with E-state index in [0.29, 0.717) is 17.3 Å². The first-order valence-corrected chi connectivity index (χ1v) is 7.56. The molecule has 0 bridgehead atoms. The number of carbonyl (C=O) groups excluding carboxylic acids is 1. The second-order valence-electron chi connectivity index (χ2n) is 5.69. The fourth-order valence-electron chi connectivity index (χ4n) is 2.58. The number of aryl methyl sites for hydroxylation is 1. The number of likely N-dealkylation sites (tertiary alicyclic amines) is 1. The van der Waals surface area contributed by atoms with Crippen molar-refractivity contribution in [3.63, 3.8) is 0 Å². The summed E-state index contributed by atoms with van der Waals surface area (Å²) in [4.78, 5) is 18.9. The molecule has 1 aromatic rings. The van der Waals surface area contributed by atoms with Gasteiger partial charge in [0, 0.05) is 17.8 Å². The number of hydrazine groups is 1. The minimum Gasteiger partial charge on any atom is -0.352 e. The number of nitrogens with one attached hydrogen (secondary N) is 2. The second-order valence-corrected chi connectivity index (χ2v) is 5.69. The van der Waals surface area contributed by atoms with E-state index in [4.69, 9.17) is 5.84 Å². The lowest BCUT2D eigenvalue weighted by Gasteiger charge is -2.28. The Morgan fingerprint density at radius 1 is 1.43 bits per heavy atom. The van der Waals surface area contributed by atoms with Crippen LogP contribution >= 0.6 is 0 Å². The zero-order chi connectivity index (χ0) is 15.2. The van der Waals surface area contributed by atoms with Crippen LogP contribution in [0, 0.1) is 5.92 Å². The fraction of sp³-hybridized carbons (Fsp3) is 0.600. The van der Waals surface area contributed by atoms with Crippen molar-refractivity contribution < 1.29 is 4.79 Å². The first-order valence-electron chi connectivity index (χ1n) is 7.56. The number of nitrogens with two attached hydrogens (primary N) is 1. The predicted octanol–water partition coefficient (Wildman–Crippen LogP) is 1.00. The Morgan fingerprint density at radius 2 is 2.14 bits per heavy atom. The summed E-state index contributed by atoms with van der Waals surface area (Å²) in [5, 5.41) is 3.03. The number of pyridine rings is 1. The van der Waals surface area contributed by atoms with Crippen molar-refractivity contribution in [3.8, 4) is 0 Å². The molecule has 0 aliphatic carbocycles. The monoisotopic (exact) mass is 291 g/mol. The minimum atomic E-state index is -0.0532. The maximum Gasteiger partial charge on any atom is 0.251 e. The van der Waals surface area contributed by atoms with E-state index in [1.807, 2.05) is 13.0 Å². The lowest BCUT2D eigenvalue weighted by Crippen LogP contribution is -2.37. The lowest BCUT2D eigenvalue weighted by molar-refractivity contribution is 0.0939. The standard InChI is InChI=1S/C15H25N5O/c1-3-13-8-12(9-14(18-13)19-16)15(21)17-10-11-4-6-20(2)7-5-11/h8-9,11H,3-7,10,16H2,1-2H3,(H,17,21)(H,18,19). The molecule has 1 fully saturated rings. The van der Waals surface area contributed by atoms with Crippen molar-refractivity contribution in [3.05, 3.63) is 23.4 Å². The van der Waals surface area contributed by atoms with E-state index in [-0.39, 0.29) is 5.91 Å². The average Bonchev–Trinajstić information content (AvgIpc) is 2.53. The van der Waals surface area contributed by atoms with Gasteiger partial charge >= 0.3 is 0 Å². The normalized spacial score (nSPS) is 16.7. The molecule has 0 spiro atoms. The van der Waals surface area contributed by atoms with Crippen LogP contribution in [0.25, 0.3) is 0 Å². The topological polar surface area (TPSA) is 83.3 Å². The molecule has 21 heavy (non-hydrogen) atoms. The second kappa shape index (κ2) is 7.38. The molecule has 0 saturated carbocycles. The molecule has 116 valence electrons. The van der Waals surface area contributed by atoms with Gasteiger partial charge in [-0.1, -0.05) is 6.92 Å². The fourth-order valence-corrected chi connectivity index (χ4v) is 2.58. The highest BCUT2D eigenvalue weighted by molar-refractivity contribution is 5.95. The number of piperidine rings is 1. The highest BCUT2D eigenvalue weighted by Crippen LogP contribution is 2.15. The molecule has 0 unspecified atom stereocenters. The van der Waals surface area contributed by atoms with Crippen molar-refractivity contribution >= 4 is 11.7 Å². The summed E-state index contributed by atoms with van der Waals surface area (Å²) in [6, 6.07) is 3.51. The smallest absolute Gasteiger partial charge is 0.251 e. The molecular formula is C15H25N5O.